The lowest BCUT2D eigenvalue weighted by Crippen LogP contribution is -2.12. The number of primary sulfonamides is 1. The first-order valence-electron chi connectivity index (χ1n) is 5.56. The third-order valence-electron chi connectivity index (χ3n) is 2.55. The lowest BCUT2D eigenvalue weighted by Gasteiger charge is -2.08. The summed E-state index contributed by atoms with van der Waals surface area (Å²) in [6, 6.07) is 12.3. The lowest BCUT2D eigenvalue weighted by molar-refractivity contribution is 0.598. The van der Waals surface area contributed by atoms with Crippen molar-refractivity contribution in [2.75, 3.05) is 5.32 Å². The van der Waals surface area contributed by atoms with E-state index in [1.165, 1.54) is 24.3 Å². The van der Waals surface area contributed by atoms with E-state index in [4.69, 9.17) is 5.14 Å². The van der Waals surface area contributed by atoms with Crippen molar-refractivity contribution in [1.29, 1.82) is 0 Å². The minimum atomic E-state index is -3.71. The van der Waals surface area contributed by atoms with Gasteiger partial charge in [0.05, 0.1) is 4.90 Å². The van der Waals surface area contributed by atoms with Crippen LogP contribution in [-0.4, -0.2) is 8.42 Å². The second-order valence-electron chi connectivity index (χ2n) is 4.06. The van der Waals surface area contributed by atoms with E-state index in [0.29, 0.717) is 12.2 Å². The number of hydrogen-bond acceptors (Lipinski definition) is 3. The van der Waals surface area contributed by atoms with Gasteiger partial charge in [0.25, 0.3) is 0 Å². The average molecular weight is 280 g/mol. The second kappa shape index (κ2) is 5.38. The zero-order chi connectivity index (χ0) is 13.9. The van der Waals surface area contributed by atoms with Crippen LogP contribution in [0.5, 0.6) is 0 Å². The lowest BCUT2D eigenvalue weighted by atomic mass is 10.2. The molecule has 4 nitrogen and oxygen atoms in total. The topological polar surface area (TPSA) is 72.2 Å². The predicted octanol–water partition coefficient (Wildman–Crippen LogP) is 2.09. The zero-order valence-electron chi connectivity index (χ0n) is 10.0. The summed E-state index contributed by atoms with van der Waals surface area (Å²) in [4.78, 5) is 0.0387. The Morgan fingerprint density at radius 2 is 1.84 bits per heavy atom. The monoisotopic (exact) mass is 280 g/mol. The molecule has 0 unspecified atom stereocenters. The molecule has 0 aliphatic heterocycles. The predicted molar refractivity (Wildman–Crippen MR) is 71.5 cm³/mol. The largest absolute Gasteiger partial charge is 0.381 e. The second-order valence-corrected chi connectivity index (χ2v) is 5.62. The van der Waals surface area contributed by atoms with E-state index in [2.05, 4.69) is 5.32 Å². The highest BCUT2D eigenvalue weighted by Gasteiger charge is 2.07. The molecular weight excluding hydrogens is 267 g/mol. The molecular formula is C13H13FN2O2S. The molecule has 0 spiro atoms. The van der Waals surface area contributed by atoms with Gasteiger partial charge in [0.15, 0.2) is 0 Å². The minimum absolute atomic E-state index is 0.0387. The van der Waals surface area contributed by atoms with E-state index in [0.717, 1.165) is 5.56 Å². The summed E-state index contributed by atoms with van der Waals surface area (Å²) in [6.45, 7) is 0.395. The molecule has 0 aromatic heterocycles. The summed E-state index contributed by atoms with van der Waals surface area (Å²) in [5.41, 5.74) is 1.37. The van der Waals surface area contributed by atoms with Gasteiger partial charge in [0.2, 0.25) is 10.0 Å². The molecule has 0 aliphatic rings. The molecule has 0 saturated carbocycles. The molecule has 0 heterocycles. The number of benzene rings is 2. The van der Waals surface area contributed by atoms with Crippen molar-refractivity contribution in [1.82, 2.24) is 0 Å². The van der Waals surface area contributed by atoms with Crippen molar-refractivity contribution < 1.29 is 12.8 Å². The van der Waals surface area contributed by atoms with E-state index < -0.39 is 10.0 Å². The first kappa shape index (κ1) is 13.5. The molecule has 2 aromatic rings. The Kier molecular flexibility index (Phi) is 3.82. The molecule has 0 amide bonds. The molecule has 0 bridgehead atoms. The number of nitrogens with one attached hydrogen (secondary N) is 1. The van der Waals surface area contributed by atoms with Gasteiger partial charge in [-0.05, 0) is 35.9 Å². The van der Waals surface area contributed by atoms with Crippen LogP contribution in [0.25, 0.3) is 0 Å². The van der Waals surface area contributed by atoms with Crippen molar-refractivity contribution in [2.24, 2.45) is 5.14 Å². The van der Waals surface area contributed by atoms with Crippen LogP contribution in [0.15, 0.2) is 53.4 Å². The van der Waals surface area contributed by atoms with Crippen molar-refractivity contribution in [3.05, 3.63) is 59.9 Å². The molecule has 3 N–H and O–H groups in total. The molecule has 19 heavy (non-hydrogen) atoms. The smallest absolute Gasteiger partial charge is 0.238 e. The zero-order valence-corrected chi connectivity index (χ0v) is 10.8. The first-order chi connectivity index (χ1) is 8.95. The van der Waals surface area contributed by atoms with Gasteiger partial charge in [-0.1, -0.05) is 18.2 Å². The molecule has 2 aromatic carbocycles. The fraction of sp³-hybridized carbons (Fsp3) is 0.0769. The van der Waals surface area contributed by atoms with Gasteiger partial charge >= 0.3 is 0 Å². The van der Waals surface area contributed by atoms with Gasteiger partial charge in [-0.15, -0.1) is 0 Å². The molecule has 2 rings (SSSR count). The molecule has 6 heteroatoms. The maximum absolute atomic E-state index is 13.0. The third-order valence-corrected chi connectivity index (χ3v) is 3.46. The molecule has 0 saturated heterocycles. The Bertz CT molecular complexity index is 687. The molecule has 0 radical (unpaired) electrons. The van der Waals surface area contributed by atoms with Gasteiger partial charge in [0, 0.05) is 12.2 Å². The Balaban J connectivity index is 2.12. The fourth-order valence-electron chi connectivity index (χ4n) is 1.63. The van der Waals surface area contributed by atoms with Crippen molar-refractivity contribution in [3.63, 3.8) is 0 Å². The van der Waals surface area contributed by atoms with Crippen LogP contribution in [0.3, 0.4) is 0 Å². The maximum Gasteiger partial charge on any atom is 0.238 e. The SMILES string of the molecule is NS(=O)(=O)c1cccc(NCc2cccc(F)c2)c1. The minimum Gasteiger partial charge on any atom is -0.381 e. The maximum atomic E-state index is 13.0. The van der Waals surface area contributed by atoms with Crippen molar-refractivity contribution in [2.45, 2.75) is 11.4 Å². The summed E-state index contributed by atoms with van der Waals surface area (Å²) >= 11 is 0. The van der Waals surface area contributed by atoms with Crippen LogP contribution in [0.2, 0.25) is 0 Å². The summed E-state index contributed by atoms with van der Waals surface area (Å²) in [6.07, 6.45) is 0. The Morgan fingerprint density at radius 3 is 2.53 bits per heavy atom. The molecule has 0 fully saturated rings. The van der Waals surface area contributed by atoms with Gasteiger partial charge in [0.1, 0.15) is 5.82 Å². The number of halogens is 1. The number of anilines is 1. The molecule has 0 aliphatic carbocycles. The highest BCUT2D eigenvalue weighted by atomic mass is 32.2. The van der Waals surface area contributed by atoms with Crippen LogP contribution >= 0.6 is 0 Å². The average Bonchev–Trinajstić information content (AvgIpc) is 2.36. The van der Waals surface area contributed by atoms with E-state index in [1.807, 2.05) is 0 Å². The quantitative estimate of drug-likeness (QED) is 0.900. The van der Waals surface area contributed by atoms with Gasteiger partial charge in [-0.3, -0.25) is 0 Å². The van der Waals surface area contributed by atoms with Crippen LogP contribution in [0, 0.1) is 5.82 Å². The summed E-state index contributed by atoms with van der Waals surface area (Å²) in [7, 11) is -3.71. The summed E-state index contributed by atoms with van der Waals surface area (Å²) in [5.74, 6) is -0.308. The van der Waals surface area contributed by atoms with Gasteiger partial charge < -0.3 is 5.32 Å². The van der Waals surface area contributed by atoms with Crippen molar-refractivity contribution in [3.8, 4) is 0 Å². The van der Waals surface area contributed by atoms with Crippen LogP contribution in [0.4, 0.5) is 10.1 Å². The molecule has 100 valence electrons. The van der Waals surface area contributed by atoms with Gasteiger partial charge in [-0.25, -0.2) is 17.9 Å². The summed E-state index contributed by atoms with van der Waals surface area (Å²) < 4.78 is 35.4. The Morgan fingerprint density at radius 1 is 1.11 bits per heavy atom. The number of hydrogen-bond donors (Lipinski definition) is 2. The highest BCUT2D eigenvalue weighted by molar-refractivity contribution is 7.89. The van der Waals surface area contributed by atoms with Crippen molar-refractivity contribution >= 4 is 15.7 Å². The standard InChI is InChI=1S/C13H13FN2O2S/c14-11-4-1-3-10(7-11)9-16-12-5-2-6-13(8-12)19(15,17)18/h1-8,16H,9H2,(H2,15,17,18). The number of nitrogens with two attached hydrogens (primary N) is 1. The Labute approximate surface area is 111 Å². The number of rotatable bonds is 4. The first-order valence-corrected chi connectivity index (χ1v) is 7.11. The van der Waals surface area contributed by atoms with E-state index >= 15 is 0 Å². The van der Waals surface area contributed by atoms with E-state index in [1.54, 1.807) is 24.3 Å². The van der Waals surface area contributed by atoms with Crippen LogP contribution in [-0.2, 0) is 16.6 Å². The van der Waals surface area contributed by atoms with E-state index in [-0.39, 0.29) is 10.7 Å². The summed E-state index contributed by atoms with van der Waals surface area (Å²) in [5, 5.41) is 8.06. The normalized spacial score (nSPS) is 11.3. The third kappa shape index (κ3) is 3.77. The highest BCUT2D eigenvalue weighted by Crippen LogP contribution is 2.15. The fourth-order valence-corrected chi connectivity index (χ4v) is 2.19. The molecule has 0 atom stereocenters. The van der Waals surface area contributed by atoms with E-state index in [9.17, 15) is 12.8 Å². The van der Waals surface area contributed by atoms with Crippen LogP contribution in [0.1, 0.15) is 5.56 Å². The van der Waals surface area contributed by atoms with Gasteiger partial charge in [-0.2, -0.15) is 0 Å². The van der Waals surface area contributed by atoms with Crippen LogP contribution < -0.4 is 10.5 Å². The number of sulfonamides is 1. The Hall–Kier alpha value is -1.92.